The van der Waals surface area contributed by atoms with Crippen LogP contribution in [0.3, 0.4) is 0 Å². The summed E-state index contributed by atoms with van der Waals surface area (Å²) < 4.78 is 5.06. The maximum atomic E-state index is 12.1. The highest BCUT2D eigenvalue weighted by atomic mass is 16.5. The molecule has 1 saturated heterocycles. The summed E-state index contributed by atoms with van der Waals surface area (Å²) in [6.45, 7) is 1.97. The average Bonchev–Trinajstić information content (AvgIpc) is 2.92. The Morgan fingerprint density at radius 1 is 1.25 bits per heavy atom. The first kappa shape index (κ1) is 16.5. The van der Waals surface area contributed by atoms with Crippen LogP contribution >= 0.6 is 0 Å². The highest BCUT2D eigenvalue weighted by molar-refractivity contribution is 6.07. The Labute approximate surface area is 141 Å². The number of hydrogen-bond donors (Lipinski definition) is 1. The molecular weight excluding hydrogens is 304 g/mol. The molecule has 126 valence electrons. The van der Waals surface area contributed by atoms with Gasteiger partial charge in [0.05, 0.1) is 6.61 Å². The summed E-state index contributed by atoms with van der Waals surface area (Å²) in [5, 5.41) is 1.92. The van der Waals surface area contributed by atoms with Crippen LogP contribution in [0, 0.1) is 5.92 Å². The van der Waals surface area contributed by atoms with E-state index in [4.69, 9.17) is 10.5 Å². The van der Waals surface area contributed by atoms with Crippen molar-refractivity contribution in [1.82, 2.24) is 4.90 Å². The van der Waals surface area contributed by atoms with Crippen molar-refractivity contribution in [3.8, 4) is 0 Å². The molecule has 24 heavy (non-hydrogen) atoms. The SMILES string of the molecule is COCCN1C[C@@H](Cc2cccc3c(C(N)=O)cccc23)CC1=O. The summed E-state index contributed by atoms with van der Waals surface area (Å²) in [7, 11) is 1.64. The molecule has 0 bridgehead atoms. The molecule has 0 aliphatic carbocycles. The van der Waals surface area contributed by atoms with Gasteiger partial charge in [0.15, 0.2) is 0 Å². The van der Waals surface area contributed by atoms with Crippen LogP contribution in [0.2, 0.25) is 0 Å². The van der Waals surface area contributed by atoms with E-state index >= 15 is 0 Å². The van der Waals surface area contributed by atoms with Gasteiger partial charge in [-0.3, -0.25) is 9.59 Å². The van der Waals surface area contributed by atoms with Crippen LogP contribution in [0.4, 0.5) is 0 Å². The number of ether oxygens (including phenoxy) is 1. The Morgan fingerprint density at radius 3 is 2.75 bits per heavy atom. The minimum absolute atomic E-state index is 0.190. The Morgan fingerprint density at radius 2 is 2.00 bits per heavy atom. The van der Waals surface area contributed by atoms with E-state index in [-0.39, 0.29) is 11.8 Å². The van der Waals surface area contributed by atoms with Gasteiger partial charge in [-0.15, -0.1) is 0 Å². The second-order valence-corrected chi connectivity index (χ2v) is 6.29. The van der Waals surface area contributed by atoms with Crippen molar-refractivity contribution in [1.29, 1.82) is 0 Å². The van der Waals surface area contributed by atoms with E-state index in [9.17, 15) is 9.59 Å². The van der Waals surface area contributed by atoms with Gasteiger partial charge in [-0.2, -0.15) is 0 Å². The number of nitrogens with two attached hydrogens (primary N) is 1. The summed E-state index contributed by atoms with van der Waals surface area (Å²) >= 11 is 0. The lowest BCUT2D eigenvalue weighted by atomic mass is 9.92. The van der Waals surface area contributed by atoms with Crippen LogP contribution in [0.15, 0.2) is 36.4 Å². The maximum absolute atomic E-state index is 12.1. The zero-order valence-corrected chi connectivity index (χ0v) is 13.8. The number of carbonyl (C=O) groups excluding carboxylic acids is 2. The fourth-order valence-corrected chi connectivity index (χ4v) is 3.49. The summed E-state index contributed by atoms with van der Waals surface area (Å²) in [6.07, 6.45) is 1.38. The third-order valence-corrected chi connectivity index (χ3v) is 4.65. The molecule has 1 fully saturated rings. The van der Waals surface area contributed by atoms with E-state index in [0.29, 0.717) is 25.1 Å². The van der Waals surface area contributed by atoms with Crippen molar-refractivity contribution in [2.45, 2.75) is 12.8 Å². The predicted octanol–water partition coefficient (Wildman–Crippen LogP) is 1.98. The van der Waals surface area contributed by atoms with Crippen LogP contribution in [0.5, 0.6) is 0 Å². The molecule has 2 amide bonds. The normalized spacial score (nSPS) is 17.6. The number of rotatable bonds is 6. The van der Waals surface area contributed by atoms with Crippen LogP contribution in [0.1, 0.15) is 22.3 Å². The maximum Gasteiger partial charge on any atom is 0.249 e. The standard InChI is InChI=1S/C19H22N2O3/c1-24-9-8-21-12-13(11-18(21)22)10-14-4-2-6-16-15(14)5-3-7-17(16)19(20)23/h2-7,13H,8-12H2,1H3,(H2,20,23)/t13-/m0/s1. The molecule has 1 atom stereocenters. The molecule has 2 N–H and O–H groups in total. The monoisotopic (exact) mass is 326 g/mol. The molecule has 1 aliphatic rings. The Kier molecular flexibility index (Phi) is 4.81. The number of nitrogens with zero attached hydrogens (tertiary/aromatic N) is 1. The van der Waals surface area contributed by atoms with E-state index in [1.807, 2.05) is 29.2 Å². The lowest BCUT2D eigenvalue weighted by Gasteiger charge is -2.16. The van der Waals surface area contributed by atoms with Crippen LogP contribution in [0.25, 0.3) is 10.8 Å². The highest BCUT2D eigenvalue weighted by Gasteiger charge is 2.29. The molecule has 2 aromatic rings. The fraction of sp³-hybridized carbons (Fsp3) is 0.368. The zero-order chi connectivity index (χ0) is 17.1. The Hall–Kier alpha value is -2.40. The summed E-state index contributed by atoms with van der Waals surface area (Å²) in [4.78, 5) is 25.6. The molecule has 1 heterocycles. The van der Waals surface area contributed by atoms with Crippen molar-refractivity contribution < 1.29 is 14.3 Å². The topological polar surface area (TPSA) is 72.6 Å². The van der Waals surface area contributed by atoms with Crippen LogP contribution < -0.4 is 5.73 Å². The first-order chi connectivity index (χ1) is 11.6. The quantitative estimate of drug-likeness (QED) is 0.882. The van der Waals surface area contributed by atoms with Gasteiger partial charge in [0, 0.05) is 32.2 Å². The van der Waals surface area contributed by atoms with E-state index in [2.05, 4.69) is 6.07 Å². The summed E-state index contributed by atoms with van der Waals surface area (Å²) in [6, 6.07) is 11.6. The number of likely N-dealkylation sites (tertiary alicyclic amines) is 1. The highest BCUT2D eigenvalue weighted by Crippen LogP contribution is 2.28. The molecule has 0 saturated carbocycles. The van der Waals surface area contributed by atoms with Crippen molar-refractivity contribution >= 4 is 22.6 Å². The molecule has 5 heteroatoms. The number of primary amides is 1. The lowest BCUT2D eigenvalue weighted by Crippen LogP contribution is -2.28. The van der Waals surface area contributed by atoms with Crippen molar-refractivity contribution in [2.75, 3.05) is 26.8 Å². The number of methoxy groups -OCH3 is 1. The van der Waals surface area contributed by atoms with E-state index in [0.717, 1.165) is 29.3 Å². The fourth-order valence-electron chi connectivity index (χ4n) is 3.49. The number of benzene rings is 2. The summed E-state index contributed by atoms with van der Waals surface area (Å²) in [5.74, 6) is 0.0619. The lowest BCUT2D eigenvalue weighted by molar-refractivity contribution is -0.128. The zero-order valence-electron chi connectivity index (χ0n) is 13.8. The molecule has 0 spiro atoms. The average molecular weight is 326 g/mol. The van der Waals surface area contributed by atoms with Crippen LogP contribution in [-0.2, 0) is 16.0 Å². The van der Waals surface area contributed by atoms with Gasteiger partial charge >= 0.3 is 0 Å². The van der Waals surface area contributed by atoms with Gasteiger partial charge in [-0.1, -0.05) is 30.3 Å². The number of carbonyl (C=O) groups is 2. The largest absolute Gasteiger partial charge is 0.383 e. The Bertz CT molecular complexity index is 772. The first-order valence-electron chi connectivity index (χ1n) is 8.17. The summed E-state index contributed by atoms with van der Waals surface area (Å²) in [5.41, 5.74) is 7.17. The molecule has 1 aliphatic heterocycles. The van der Waals surface area contributed by atoms with Crippen molar-refractivity contribution in [3.63, 3.8) is 0 Å². The molecule has 5 nitrogen and oxygen atoms in total. The minimum Gasteiger partial charge on any atom is -0.383 e. The van der Waals surface area contributed by atoms with Gasteiger partial charge in [-0.05, 0) is 34.7 Å². The molecule has 2 aromatic carbocycles. The minimum atomic E-state index is -0.417. The second kappa shape index (κ2) is 7.01. The molecule has 3 rings (SSSR count). The van der Waals surface area contributed by atoms with Gasteiger partial charge < -0.3 is 15.4 Å². The van der Waals surface area contributed by atoms with Gasteiger partial charge in [0.25, 0.3) is 0 Å². The molecule has 0 unspecified atom stereocenters. The first-order valence-corrected chi connectivity index (χ1v) is 8.17. The van der Waals surface area contributed by atoms with Gasteiger partial charge in [0.2, 0.25) is 11.8 Å². The third-order valence-electron chi connectivity index (χ3n) is 4.65. The molecular formula is C19H22N2O3. The second-order valence-electron chi connectivity index (χ2n) is 6.29. The van der Waals surface area contributed by atoms with Crippen LogP contribution in [-0.4, -0.2) is 43.5 Å². The Balaban J connectivity index is 1.82. The third kappa shape index (κ3) is 3.26. The van der Waals surface area contributed by atoms with Crippen molar-refractivity contribution in [2.24, 2.45) is 11.7 Å². The predicted molar refractivity (Wildman–Crippen MR) is 92.7 cm³/mol. The molecule has 0 aromatic heterocycles. The van der Waals surface area contributed by atoms with Gasteiger partial charge in [-0.25, -0.2) is 0 Å². The van der Waals surface area contributed by atoms with E-state index < -0.39 is 5.91 Å². The smallest absolute Gasteiger partial charge is 0.249 e. The van der Waals surface area contributed by atoms with E-state index in [1.54, 1.807) is 13.2 Å². The number of hydrogen-bond acceptors (Lipinski definition) is 3. The number of fused-ring (bicyclic) bond motifs is 1. The number of amides is 2. The van der Waals surface area contributed by atoms with Crippen molar-refractivity contribution in [3.05, 3.63) is 47.5 Å². The molecule has 0 radical (unpaired) electrons. The van der Waals surface area contributed by atoms with Gasteiger partial charge in [0.1, 0.15) is 0 Å². The van der Waals surface area contributed by atoms with E-state index in [1.165, 1.54) is 0 Å².